The summed E-state index contributed by atoms with van der Waals surface area (Å²) >= 11 is 0. The molecule has 33 heavy (non-hydrogen) atoms. The Labute approximate surface area is 193 Å². The average molecular weight is 445 g/mol. The minimum atomic E-state index is -2.17. The van der Waals surface area contributed by atoms with Crippen LogP contribution in [0.2, 0.25) is 0 Å². The van der Waals surface area contributed by atoms with Crippen LogP contribution in [0.25, 0.3) is 0 Å². The van der Waals surface area contributed by atoms with E-state index in [2.05, 4.69) is 27.7 Å². The number of rotatable bonds is 8. The zero-order valence-corrected chi connectivity index (χ0v) is 18.6. The number of urea groups is 1. The van der Waals surface area contributed by atoms with Gasteiger partial charge in [-0.05, 0) is 43.8 Å². The van der Waals surface area contributed by atoms with Crippen molar-refractivity contribution < 1.29 is 14.7 Å². The van der Waals surface area contributed by atoms with E-state index in [4.69, 9.17) is 0 Å². The van der Waals surface area contributed by atoms with E-state index in [1.165, 1.54) is 5.56 Å². The Kier molecular flexibility index (Phi) is 6.72. The van der Waals surface area contributed by atoms with E-state index in [0.717, 1.165) is 18.0 Å². The predicted molar refractivity (Wildman–Crippen MR) is 129 cm³/mol. The second-order valence-corrected chi connectivity index (χ2v) is 8.15. The number of benzene rings is 3. The highest BCUT2D eigenvalue weighted by Gasteiger charge is 2.51. The maximum Gasteiger partial charge on any atom is 0.329 e. The summed E-state index contributed by atoms with van der Waals surface area (Å²) in [6, 6.07) is 25.1. The molecule has 3 aromatic rings. The van der Waals surface area contributed by atoms with Gasteiger partial charge in [0, 0.05) is 24.3 Å². The van der Waals surface area contributed by atoms with Crippen molar-refractivity contribution in [3.8, 4) is 0 Å². The number of aliphatic hydroxyl groups is 1. The van der Waals surface area contributed by atoms with Gasteiger partial charge in [-0.3, -0.25) is 9.69 Å². The first-order valence-corrected chi connectivity index (χ1v) is 11.0. The van der Waals surface area contributed by atoms with E-state index >= 15 is 0 Å². The predicted octanol–water partition coefficient (Wildman–Crippen LogP) is 3.52. The Bertz CT molecular complexity index is 1110. The molecule has 7 nitrogen and oxygen atoms in total. The molecule has 0 radical (unpaired) electrons. The minimum absolute atomic E-state index is 0.326. The number of hydrogen-bond acceptors (Lipinski definition) is 4. The molecule has 3 amide bonds. The molecule has 1 unspecified atom stereocenters. The SMILES string of the molecule is CN(CCCNC(=O)C1(O)c2ccccc2NC(=O)N1c1ccccc1)Cc1ccccc1. The minimum Gasteiger partial charge on any atom is -0.359 e. The Balaban J connectivity index is 1.47. The van der Waals surface area contributed by atoms with Gasteiger partial charge in [0.2, 0.25) is 0 Å². The highest BCUT2D eigenvalue weighted by Crippen LogP contribution is 2.39. The fourth-order valence-corrected chi connectivity index (χ4v) is 4.09. The highest BCUT2D eigenvalue weighted by molar-refractivity contribution is 6.11. The van der Waals surface area contributed by atoms with Gasteiger partial charge >= 0.3 is 6.03 Å². The summed E-state index contributed by atoms with van der Waals surface area (Å²) < 4.78 is 0. The van der Waals surface area contributed by atoms with E-state index in [1.807, 2.05) is 31.3 Å². The molecule has 0 spiro atoms. The van der Waals surface area contributed by atoms with Crippen LogP contribution in [0.15, 0.2) is 84.9 Å². The highest BCUT2D eigenvalue weighted by atomic mass is 16.3. The van der Waals surface area contributed by atoms with Crippen LogP contribution in [0.4, 0.5) is 16.2 Å². The normalized spacial score (nSPS) is 17.4. The molecule has 1 heterocycles. The van der Waals surface area contributed by atoms with Crippen molar-refractivity contribution in [1.29, 1.82) is 0 Å². The third-order valence-corrected chi connectivity index (χ3v) is 5.70. The smallest absolute Gasteiger partial charge is 0.329 e. The van der Waals surface area contributed by atoms with Crippen LogP contribution < -0.4 is 15.5 Å². The molecule has 0 saturated carbocycles. The number of hydrogen-bond donors (Lipinski definition) is 3. The molecule has 0 aliphatic carbocycles. The van der Waals surface area contributed by atoms with Crippen LogP contribution >= 0.6 is 0 Å². The summed E-state index contributed by atoms with van der Waals surface area (Å²) in [6.07, 6.45) is 0.699. The van der Waals surface area contributed by atoms with Gasteiger partial charge in [-0.2, -0.15) is 0 Å². The van der Waals surface area contributed by atoms with Crippen LogP contribution in [-0.4, -0.2) is 42.1 Å². The first kappa shape index (κ1) is 22.5. The van der Waals surface area contributed by atoms with Crippen molar-refractivity contribution in [2.24, 2.45) is 0 Å². The summed E-state index contributed by atoms with van der Waals surface area (Å²) in [5.74, 6) is -0.639. The largest absolute Gasteiger partial charge is 0.359 e. The van der Waals surface area contributed by atoms with Crippen LogP contribution in [-0.2, 0) is 17.1 Å². The topological polar surface area (TPSA) is 84.9 Å². The number of carbonyl (C=O) groups is 2. The van der Waals surface area contributed by atoms with Gasteiger partial charge in [0.05, 0.1) is 5.69 Å². The number of nitrogens with one attached hydrogen (secondary N) is 2. The molecule has 1 atom stereocenters. The van der Waals surface area contributed by atoms with Crippen molar-refractivity contribution >= 4 is 23.3 Å². The van der Waals surface area contributed by atoms with Crippen LogP contribution in [0.1, 0.15) is 17.5 Å². The molecule has 170 valence electrons. The van der Waals surface area contributed by atoms with Gasteiger partial charge < -0.3 is 20.6 Å². The summed E-state index contributed by atoms with van der Waals surface area (Å²) in [7, 11) is 2.03. The number of para-hydroxylation sites is 2. The lowest BCUT2D eigenvalue weighted by Crippen LogP contribution is -2.62. The molecule has 4 rings (SSSR count). The van der Waals surface area contributed by atoms with E-state index in [0.29, 0.717) is 29.9 Å². The molecule has 1 aliphatic heterocycles. The number of nitrogens with zero attached hydrogens (tertiary/aromatic N) is 2. The van der Waals surface area contributed by atoms with Crippen molar-refractivity contribution in [1.82, 2.24) is 10.2 Å². The van der Waals surface area contributed by atoms with Gasteiger partial charge in [0.15, 0.2) is 0 Å². The van der Waals surface area contributed by atoms with Crippen LogP contribution in [0.5, 0.6) is 0 Å². The Morgan fingerprint density at radius 2 is 1.64 bits per heavy atom. The summed E-state index contributed by atoms with van der Waals surface area (Å²) in [4.78, 5) is 29.6. The molecule has 3 N–H and O–H groups in total. The fraction of sp³-hybridized carbons (Fsp3) is 0.231. The molecule has 0 bridgehead atoms. The molecular formula is C26H28N4O3. The Morgan fingerprint density at radius 1 is 1.00 bits per heavy atom. The van der Waals surface area contributed by atoms with Gasteiger partial charge in [0.25, 0.3) is 11.6 Å². The van der Waals surface area contributed by atoms with Gasteiger partial charge in [-0.1, -0.05) is 66.7 Å². The van der Waals surface area contributed by atoms with Crippen LogP contribution in [0, 0.1) is 0 Å². The molecule has 0 fully saturated rings. The van der Waals surface area contributed by atoms with E-state index in [1.54, 1.807) is 48.5 Å². The monoisotopic (exact) mass is 444 g/mol. The molecule has 0 aromatic heterocycles. The molecule has 3 aromatic carbocycles. The molecular weight excluding hydrogens is 416 g/mol. The third kappa shape index (κ3) is 4.74. The average Bonchev–Trinajstić information content (AvgIpc) is 2.83. The Morgan fingerprint density at radius 3 is 2.36 bits per heavy atom. The second kappa shape index (κ2) is 9.85. The second-order valence-electron chi connectivity index (χ2n) is 8.15. The summed E-state index contributed by atoms with van der Waals surface area (Å²) in [6.45, 7) is 1.95. The maximum absolute atomic E-state index is 13.4. The van der Waals surface area contributed by atoms with Crippen molar-refractivity contribution in [3.05, 3.63) is 96.1 Å². The maximum atomic E-state index is 13.4. The number of amides is 3. The number of carbonyl (C=O) groups excluding carboxylic acids is 2. The standard InChI is InChI=1S/C26H28N4O3/c1-29(19-20-11-4-2-5-12-20)18-10-17-27-24(31)26(33)22-15-8-9-16-23(22)28-25(32)30(26)21-13-6-3-7-14-21/h2-9,11-16,33H,10,17-19H2,1H3,(H,27,31)(H,28,32). The summed E-state index contributed by atoms with van der Waals surface area (Å²) in [5, 5.41) is 17.3. The zero-order chi connectivity index (χ0) is 23.3. The van der Waals surface area contributed by atoms with Crippen molar-refractivity contribution in [2.75, 3.05) is 30.4 Å². The van der Waals surface area contributed by atoms with Gasteiger partial charge in [0.1, 0.15) is 0 Å². The number of anilines is 2. The third-order valence-electron chi connectivity index (χ3n) is 5.70. The lowest BCUT2D eigenvalue weighted by Gasteiger charge is -2.42. The first-order valence-electron chi connectivity index (χ1n) is 11.0. The molecule has 0 saturated heterocycles. The first-order chi connectivity index (χ1) is 16.0. The fourth-order valence-electron chi connectivity index (χ4n) is 4.09. The zero-order valence-electron chi connectivity index (χ0n) is 18.6. The Hall–Kier alpha value is -3.68. The molecule has 1 aliphatic rings. The van der Waals surface area contributed by atoms with E-state index in [-0.39, 0.29) is 0 Å². The quantitative estimate of drug-likeness (QED) is 0.464. The van der Waals surface area contributed by atoms with Gasteiger partial charge in [-0.15, -0.1) is 0 Å². The van der Waals surface area contributed by atoms with Crippen molar-refractivity contribution in [2.45, 2.75) is 18.7 Å². The summed E-state index contributed by atoms with van der Waals surface area (Å²) in [5.41, 5.74) is 0.212. The molecule has 7 heteroatoms. The lowest BCUT2D eigenvalue weighted by molar-refractivity contribution is -0.140. The van der Waals surface area contributed by atoms with E-state index in [9.17, 15) is 14.7 Å². The van der Waals surface area contributed by atoms with E-state index < -0.39 is 17.7 Å². The lowest BCUT2D eigenvalue weighted by atomic mass is 9.95. The van der Waals surface area contributed by atoms with Gasteiger partial charge in [-0.25, -0.2) is 4.79 Å². The number of fused-ring (bicyclic) bond motifs is 1. The van der Waals surface area contributed by atoms with Crippen LogP contribution in [0.3, 0.4) is 0 Å². The van der Waals surface area contributed by atoms with Crippen molar-refractivity contribution in [3.63, 3.8) is 0 Å².